The molecule has 0 amide bonds. The van der Waals surface area contributed by atoms with Gasteiger partial charge in [0.2, 0.25) is 0 Å². The third-order valence-electron chi connectivity index (χ3n) is 2.05. The lowest BCUT2D eigenvalue weighted by molar-refractivity contribution is 0.488. The molecule has 0 radical (unpaired) electrons. The smallest absolute Gasteiger partial charge is 0.297 e. The molecule has 0 unspecified atom stereocenters. The van der Waals surface area contributed by atoms with Crippen LogP contribution in [0.15, 0.2) is 33.5 Å². The number of nitrogens with zero attached hydrogens (tertiary/aromatic N) is 2. The summed E-state index contributed by atoms with van der Waals surface area (Å²) < 4.78 is 10.5. The summed E-state index contributed by atoms with van der Waals surface area (Å²) in [6, 6.07) is 4.31. The van der Waals surface area contributed by atoms with Crippen molar-refractivity contribution in [3.05, 3.63) is 36.1 Å². The average molecular weight is 207 g/mol. The number of furan rings is 1. The second-order valence-corrected chi connectivity index (χ2v) is 3.26. The first kappa shape index (κ1) is 9.79. The first-order valence-electron chi connectivity index (χ1n) is 4.67. The Hall–Kier alpha value is -1.75. The molecule has 2 rings (SSSR count). The maximum atomic E-state index is 5.44. The fourth-order valence-electron chi connectivity index (χ4n) is 1.27. The predicted octanol–water partition coefficient (Wildman–Crippen LogP) is 1.36. The number of anilines is 1. The van der Waals surface area contributed by atoms with E-state index in [0.29, 0.717) is 19.1 Å². The number of hydrogen-bond acceptors (Lipinski definition) is 5. The molecule has 5 nitrogen and oxygen atoms in total. The highest BCUT2D eigenvalue weighted by Gasteiger charge is 2.09. The van der Waals surface area contributed by atoms with Gasteiger partial charge in [0.15, 0.2) is 0 Å². The van der Waals surface area contributed by atoms with E-state index in [1.807, 2.05) is 24.1 Å². The van der Waals surface area contributed by atoms with Crippen LogP contribution >= 0.6 is 0 Å². The minimum absolute atomic E-state index is 0.387. The molecule has 0 spiro atoms. The fraction of sp³-hybridized carbons (Fsp3) is 0.300. The van der Waals surface area contributed by atoms with E-state index < -0.39 is 0 Å². The largest absolute Gasteiger partial charge is 0.467 e. The lowest BCUT2D eigenvalue weighted by Crippen LogP contribution is -2.16. The lowest BCUT2D eigenvalue weighted by atomic mass is 10.4. The molecule has 0 fully saturated rings. The summed E-state index contributed by atoms with van der Waals surface area (Å²) in [7, 11) is 1.88. The summed E-state index contributed by atoms with van der Waals surface area (Å²) in [4.78, 5) is 6.06. The van der Waals surface area contributed by atoms with E-state index in [-0.39, 0.29) is 0 Å². The van der Waals surface area contributed by atoms with E-state index in [0.717, 1.165) is 11.5 Å². The summed E-state index contributed by atoms with van der Waals surface area (Å²) in [6.45, 7) is 1.01. The number of nitrogens with two attached hydrogens (primary N) is 1. The first-order chi connectivity index (χ1) is 7.29. The van der Waals surface area contributed by atoms with E-state index in [9.17, 15) is 0 Å². The number of aromatic nitrogens is 1. The average Bonchev–Trinajstić information content (AvgIpc) is 2.86. The van der Waals surface area contributed by atoms with Crippen LogP contribution in [0.25, 0.3) is 0 Å². The van der Waals surface area contributed by atoms with E-state index in [4.69, 9.17) is 14.6 Å². The Balaban J connectivity index is 2.04. The summed E-state index contributed by atoms with van der Waals surface area (Å²) in [5.74, 6) is 0.866. The topological polar surface area (TPSA) is 68.4 Å². The molecule has 0 aromatic carbocycles. The van der Waals surface area contributed by atoms with E-state index >= 15 is 0 Å². The maximum Gasteiger partial charge on any atom is 0.297 e. The highest BCUT2D eigenvalue weighted by molar-refractivity contribution is 5.26. The van der Waals surface area contributed by atoms with Crippen LogP contribution in [0.3, 0.4) is 0 Å². The Morgan fingerprint density at radius 2 is 2.33 bits per heavy atom. The Labute approximate surface area is 87.5 Å². The van der Waals surface area contributed by atoms with Gasteiger partial charge in [0.25, 0.3) is 6.01 Å². The third-order valence-corrected chi connectivity index (χ3v) is 2.05. The molecule has 0 saturated carbocycles. The zero-order chi connectivity index (χ0) is 10.7. The van der Waals surface area contributed by atoms with Gasteiger partial charge in [0.05, 0.1) is 18.5 Å². The first-order valence-corrected chi connectivity index (χ1v) is 4.67. The summed E-state index contributed by atoms with van der Waals surface area (Å²) >= 11 is 0. The van der Waals surface area contributed by atoms with Crippen molar-refractivity contribution in [2.45, 2.75) is 13.1 Å². The fourth-order valence-corrected chi connectivity index (χ4v) is 1.27. The minimum atomic E-state index is 0.387. The third kappa shape index (κ3) is 2.19. The molecule has 80 valence electrons. The van der Waals surface area contributed by atoms with Crippen LogP contribution in [0.1, 0.15) is 11.5 Å². The molecular weight excluding hydrogens is 194 g/mol. The molecule has 0 aliphatic rings. The quantitative estimate of drug-likeness (QED) is 0.819. The second-order valence-electron chi connectivity index (χ2n) is 3.26. The SMILES string of the molecule is CN(Cc1ccco1)c1nc(CN)co1. The van der Waals surface area contributed by atoms with Gasteiger partial charge in [-0.05, 0) is 12.1 Å². The summed E-state index contributed by atoms with van der Waals surface area (Å²) in [5.41, 5.74) is 6.19. The van der Waals surface area contributed by atoms with Gasteiger partial charge in [0, 0.05) is 13.6 Å². The van der Waals surface area contributed by atoms with Crippen LogP contribution in [-0.4, -0.2) is 12.0 Å². The van der Waals surface area contributed by atoms with Crippen molar-refractivity contribution in [3.8, 4) is 0 Å². The highest BCUT2D eigenvalue weighted by atomic mass is 16.4. The van der Waals surface area contributed by atoms with Gasteiger partial charge in [-0.15, -0.1) is 0 Å². The van der Waals surface area contributed by atoms with Crippen molar-refractivity contribution >= 4 is 6.01 Å². The molecule has 2 N–H and O–H groups in total. The molecule has 0 aliphatic carbocycles. The molecule has 2 aromatic heterocycles. The van der Waals surface area contributed by atoms with Crippen LogP contribution in [0.2, 0.25) is 0 Å². The highest BCUT2D eigenvalue weighted by Crippen LogP contribution is 2.14. The molecule has 0 saturated heterocycles. The standard InChI is InChI=1S/C10H13N3O2/c1-13(6-9-3-2-4-14-9)10-12-8(5-11)7-15-10/h2-4,7H,5-6,11H2,1H3. The van der Waals surface area contributed by atoms with Crippen molar-refractivity contribution < 1.29 is 8.83 Å². The molecule has 2 aromatic rings. The van der Waals surface area contributed by atoms with Crippen molar-refractivity contribution in [1.29, 1.82) is 0 Å². The van der Waals surface area contributed by atoms with Crippen molar-refractivity contribution in [3.63, 3.8) is 0 Å². The number of oxazole rings is 1. The predicted molar refractivity (Wildman–Crippen MR) is 55.2 cm³/mol. The molecule has 5 heteroatoms. The Morgan fingerprint density at radius 1 is 1.47 bits per heavy atom. The zero-order valence-electron chi connectivity index (χ0n) is 8.51. The van der Waals surface area contributed by atoms with Crippen LogP contribution < -0.4 is 10.6 Å². The number of hydrogen-bond donors (Lipinski definition) is 1. The van der Waals surface area contributed by atoms with Gasteiger partial charge < -0.3 is 19.5 Å². The van der Waals surface area contributed by atoms with Crippen molar-refractivity contribution in [2.75, 3.05) is 11.9 Å². The monoisotopic (exact) mass is 207 g/mol. The lowest BCUT2D eigenvalue weighted by Gasteiger charge is -2.11. The molecular formula is C10H13N3O2. The van der Waals surface area contributed by atoms with Crippen LogP contribution in [0.4, 0.5) is 6.01 Å². The van der Waals surface area contributed by atoms with Gasteiger partial charge in [0.1, 0.15) is 12.0 Å². The van der Waals surface area contributed by atoms with Crippen LogP contribution in [-0.2, 0) is 13.1 Å². The van der Waals surface area contributed by atoms with Crippen molar-refractivity contribution in [1.82, 2.24) is 4.98 Å². The Morgan fingerprint density at radius 3 is 2.93 bits per heavy atom. The summed E-state index contributed by atoms with van der Waals surface area (Å²) in [5, 5.41) is 0. The molecule has 2 heterocycles. The van der Waals surface area contributed by atoms with E-state index in [2.05, 4.69) is 4.98 Å². The normalized spacial score (nSPS) is 10.5. The Kier molecular flexibility index (Phi) is 2.73. The van der Waals surface area contributed by atoms with Crippen molar-refractivity contribution in [2.24, 2.45) is 5.73 Å². The van der Waals surface area contributed by atoms with Gasteiger partial charge in [-0.25, -0.2) is 0 Å². The van der Waals surface area contributed by atoms with Crippen LogP contribution in [0.5, 0.6) is 0 Å². The number of rotatable bonds is 4. The molecule has 0 aliphatic heterocycles. The van der Waals surface area contributed by atoms with E-state index in [1.54, 1.807) is 12.5 Å². The molecule has 0 atom stereocenters. The molecule has 15 heavy (non-hydrogen) atoms. The van der Waals surface area contributed by atoms with Gasteiger partial charge in [-0.3, -0.25) is 0 Å². The van der Waals surface area contributed by atoms with Gasteiger partial charge >= 0.3 is 0 Å². The minimum Gasteiger partial charge on any atom is -0.467 e. The van der Waals surface area contributed by atoms with Crippen LogP contribution in [0, 0.1) is 0 Å². The van der Waals surface area contributed by atoms with E-state index in [1.165, 1.54) is 0 Å². The zero-order valence-corrected chi connectivity index (χ0v) is 8.51. The maximum absolute atomic E-state index is 5.44. The summed E-state index contributed by atoms with van der Waals surface area (Å²) in [6.07, 6.45) is 3.21. The van der Waals surface area contributed by atoms with Gasteiger partial charge in [-0.1, -0.05) is 0 Å². The van der Waals surface area contributed by atoms with Gasteiger partial charge in [-0.2, -0.15) is 4.98 Å². The second kappa shape index (κ2) is 4.18. The molecule has 0 bridgehead atoms. The Bertz CT molecular complexity index is 408.